The molecule has 4 rings (SSSR count). The number of aromatic nitrogens is 2. The molecule has 0 aliphatic rings. The number of carbonyl (C=O) groups is 1. The van der Waals surface area contributed by atoms with Gasteiger partial charge >= 0.3 is 0 Å². The van der Waals surface area contributed by atoms with Gasteiger partial charge in [-0.15, -0.1) is 11.3 Å². The third kappa shape index (κ3) is 4.38. The second kappa shape index (κ2) is 7.94. The van der Waals surface area contributed by atoms with E-state index in [-0.39, 0.29) is 5.91 Å². The topological polar surface area (TPSA) is 57.8 Å². The van der Waals surface area contributed by atoms with E-state index in [1.54, 1.807) is 0 Å². The van der Waals surface area contributed by atoms with Crippen LogP contribution in [0.2, 0.25) is 5.02 Å². The van der Waals surface area contributed by atoms with Crippen LogP contribution in [-0.4, -0.2) is 15.9 Å². The molecule has 0 bridgehead atoms. The summed E-state index contributed by atoms with van der Waals surface area (Å²) in [7, 11) is 0. The Hall–Kier alpha value is -2.63. The van der Waals surface area contributed by atoms with Crippen molar-refractivity contribution in [2.45, 2.75) is 19.3 Å². The Morgan fingerprint density at radius 2 is 1.96 bits per heavy atom. The van der Waals surface area contributed by atoms with E-state index in [9.17, 15) is 4.79 Å². The zero-order chi connectivity index (χ0) is 18.6. The molecular formula is C21H18ClN3OS. The van der Waals surface area contributed by atoms with Crippen LogP contribution >= 0.6 is 22.9 Å². The zero-order valence-electron chi connectivity index (χ0n) is 14.5. The predicted molar refractivity (Wildman–Crippen MR) is 112 cm³/mol. The summed E-state index contributed by atoms with van der Waals surface area (Å²) in [6, 6.07) is 15.9. The van der Waals surface area contributed by atoms with Gasteiger partial charge in [-0.1, -0.05) is 41.9 Å². The zero-order valence-corrected chi connectivity index (χ0v) is 16.1. The Labute approximate surface area is 166 Å². The quantitative estimate of drug-likeness (QED) is 0.456. The van der Waals surface area contributed by atoms with Crippen molar-refractivity contribution in [3.05, 3.63) is 82.0 Å². The smallest absolute Gasteiger partial charge is 0.226 e. The molecule has 0 spiro atoms. The number of nitrogens with zero attached hydrogens (tertiary/aromatic N) is 1. The largest absolute Gasteiger partial charge is 0.361 e. The molecule has 0 aliphatic heterocycles. The predicted octanol–water partition coefficient (Wildman–Crippen LogP) is 5.44. The number of hydrogen-bond donors (Lipinski definition) is 2. The monoisotopic (exact) mass is 395 g/mol. The number of nitrogens with one attached hydrogen (secondary N) is 2. The van der Waals surface area contributed by atoms with Gasteiger partial charge in [-0.2, -0.15) is 0 Å². The van der Waals surface area contributed by atoms with E-state index >= 15 is 0 Å². The van der Waals surface area contributed by atoms with Gasteiger partial charge in [0, 0.05) is 46.0 Å². The van der Waals surface area contributed by atoms with Gasteiger partial charge < -0.3 is 10.3 Å². The summed E-state index contributed by atoms with van der Waals surface area (Å²) in [5.74, 6) is -0.0207. The Morgan fingerprint density at radius 1 is 1.15 bits per heavy atom. The van der Waals surface area contributed by atoms with Crippen molar-refractivity contribution in [3.63, 3.8) is 0 Å². The highest BCUT2D eigenvalue weighted by molar-refractivity contribution is 7.15. The van der Waals surface area contributed by atoms with E-state index in [4.69, 9.17) is 11.6 Å². The van der Waals surface area contributed by atoms with Crippen LogP contribution in [-0.2, 0) is 17.6 Å². The molecule has 136 valence electrons. The van der Waals surface area contributed by atoms with Crippen LogP contribution in [0.5, 0.6) is 0 Å². The molecule has 2 aromatic heterocycles. The van der Waals surface area contributed by atoms with Crippen molar-refractivity contribution in [1.29, 1.82) is 0 Å². The summed E-state index contributed by atoms with van der Waals surface area (Å²) >= 11 is 7.42. The second-order valence-electron chi connectivity index (χ2n) is 6.34. The van der Waals surface area contributed by atoms with Gasteiger partial charge in [0.05, 0.1) is 0 Å². The Balaban J connectivity index is 1.33. The van der Waals surface area contributed by atoms with Crippen LogP contribution in [0.25, 0.3) is 10.9 Å². The maximum atomic E-state index is 12.3. The number of anilines is 1. The molecular weight excluding hydrogens is 378 g/mol. The first-order chi connectivity index (χ1) is 13.2. The number of aryl methyl sites for hydroxylation is 1. The molecule has 0 saturated heterocycles. The number of carbonyl (C=O) groups excluding carboxylic acids is 1. The van der Waals surface area contributed by atoms with Crippen molar-refractivity contribution in [1.82, 2.24) is 9.97 Å². The first-order valence-electron chi connectivity index (χ1n) is 8.71. The SMILES string of the molecule is O=C(CCc1c[nH]c2ccccc12)Nc1ncc(Cc2ccc(Cl)cc2)s1. The lowest BCUT2D eigenvalue weighted by Gasteiger charge is -2.01. The third-order valence-electron chi connectivity index (χ3n) is 4.39. The van der Waals surface area contributed by atoms with Crippen LogP contribution in [0.15, 0.2) is 60.9 Å². The Kier molecular flexibility index (Phi) is 5.23. The molecule has 2 N–H and O–H groups in total. The number of benzene rings is 2. The number of amides is 1. The van der Waals surface area contributed by atoms with Crippen LogP contribution in [0, 0.1) is 0 Å². The number of rotatable bonds is 6. The van der Waals surface area contributed by atoms with Crippen molar-refractivity contribution in [2.75, 3.05) is 5.32 Å². The molecule has 4 aromatic rings. The van der Waals surface area contributed by atoms with Crippen molar-refractivity contribution in [2.24, 2.45) is 0 Å². The Morgan fingerprint density at radius 3 is 2.81 bits per heavy atom. The number of para-hydroxylation sites is 1. The van der Waals surface area contributed by atoms with E-state index in [0.717, 1.165) is 27.4 Å². The fourth-order valence-corrected chi connectivity index (χ4v) is 4.01. The average Bonchev–Trinajstić information content (AvgIpc) is 3.29. The molecule has 0 aliphatic carbocycles. The van der Waals surface area contributed by atoms with Crippen molar-refractivity contribution in [3.8, 4) is 0 Å². The molecule has 0 saturated carbocycles. The molecule has 27 heavy (non-hydrogen) atoms. The standard InChI is InChI=1S/C21H18ClN3OS/c22-16-8-5-14(6-9-16)11-17-13-24-21(27-17)25-20(26)10-7-15-12-23-19-4-2-1-3-18(15)19/h1-6,8-9,12-13,23H,7,10-11H2,(H,24,25,26). The summed E-state index contributed by atoms with van der Waals surface area (Å²) in [5.41, 5.74) is 3.42. The highest BCUT2D eigenvalue weighted by Gasteiger charge is 2.10. The van der Waals surface area contributed by atoms with E-state index in [1.807, 2.05) is 54.9 Å². The number of thiazole rings is 1. The number of fused-ring (bicyclic) bond motifs is 1. The van der Waals surface area contributed by atoms with Gasteiger partial charge in [0.1, 0.15) is 0 Å². The average molecular weight is 396 g/mol. The minimum absolute atomic E-state index is 0.0207. The fourth-order valence-electron chi connectivity index (χ4n) is 3.02. The second-order valence-corrected chi connectivity index (χ2v) is 7.89. The molecule has 0 radical (unpaired) electrons. The minimum Gasteiger partial charge on any atom is -0.361 e. The number of hydrogen-bond acceptors (Lipinski definition) is 3. The number of H-pyrrole nitrogens is 1. The number of aromatic amines is 1. The van der Waals surface area contributed by atoms with Crippen molar-refractivity contribution >= 4 is 44.9 Å². The third-order valence-corrected chi connectivity index (χ3v) is 5.55. The molecule has 0 atom stereocenters. The molecule has 4 nitrogen and oxygen atoms in total. The fraction of sp³-hybridized carbons (Fsp3) is 0.143. The van der Waals surface area contributed by atoms with Gasteiger partial charge in [0.15, 0.2) is 5.13 Å². The minimum atomic E-state index is -0.0207. The van der Waals surface area contributed by atoms with E-state index in [2.05, 4.69) is 21.4 Å². The first kappa shape index (κ1) is 17.8. The molecule has 2 aromatic carbocycles. The van der Waals surface area contributed by atoms with Gasteiger partial charge in [0.25, 0.3) is 0 Å². The normalized spacial score (nSPS) is 11.0. The summed E-state index contributed by atoms with van der Waals surface area (Å²) in [6.45, 7) is 0. The molecule has 2 heterocycles. The van der Waals surface area contributed by atoms with Gasteiger partial charge in [0.2, 0.25) is 5.91 Å². The van der Waals surface area contributed by atoms with Crippen LogP contribution in [0.4, 0.5) is 5.13 Å². The summed E-state index contributed by atoms with van der Waals surface area (Å²) in [5, 5.41) is 5.45. The maximum absolute atomic E-state index is 12.3. The molecule has 6 heteroatoms. The van der Waals surface area contributed by atoms with Crippen LogP contribution in [0.1, 0.15) is 22.4 Å². The lowest BCUT2D eigenvalue weighted by Crippen LogP contribution is -2.11. The van der Waals surface area contributed by atoms with Gasteiger partial charge in [-0.05, 0) is 35.7 Å². The molecule has 1 amide bonds. The van der Waals surface area contributed by atoms with Gasteiger partial charge in [-0.25, -0.2) is 4.98 Å². The highest BCUT2D eigenvalue weighted by atomic mass is 35.5. The summed E-state index contributed by atoms with van der Waals surface area (Å²) in [6.07, 6.45) is 5.69. The maximum Gasteiger partial charge on any atom is 0.226 e. The lowest BCUT2D eigenvalue weighted by atomic mass is 10.1. The van der Waals surface area contributed by atoms with E-state index in [0.29, 0.717) is 18.0 Å². The van der Waals surface area contributed by atoms with E-state index < -0.39 is 0 Å². The Bertz CT molecular complexity index is 1070. The first-order valence-corrected chi connectivity index (χ1v) is 9.91. The van der Waals surface area contributed by atoms with Gasteiger partial charge in [-0.3, -0.25) is 4.79 Å². The van der Waals surface area contributed by atoms with Crippen LogP contribution in [0.3, 0.4) is 0 Å². The molecule has 0 fully saturated rings. The number of halogens is 1. The van der Waals surface area contributed by atoms with Crippen molar-refractivity contribution < 1.29 is 4.79 Å². The van der Waals surface area contributed by atoms with E-state index in [1.165, 1.54) is 22.3 Å². The highest BCUT2D eigenvalue weighted by Crippen LogP contribution is 2.23. The lowest BCUT2D eigenvalue weighted by molar-refractivity contribution is -0.116. The van der Waals surface area contributed by atoms with Crippen LogP contribution < -0.4 is 5.32 Å². The summed E-state index contributed by atoms with van der Waals surface area (Å²) in [4.78, 5) is 20.9. The molecule has 0 unspecified atom stereocenters. The summed E-state index contributed by atoms with van der Waals surface area (Å²) < 4.78 is 0.